The van der Waals surface area contributed by atoms with Crippen LogP contribution in [0.1, 0.15) is 36.5 Å². The molecule has 46 heavy (non-hydrogen) atoms. The topological polar surface area (TPSA) is 108 Å². The molecule has 0 saturated carbocycles. The maximum atomic E-state index is 14.3. The highest BCUT2D eigenvalue weighted by Crippen LogP contribution is 2.59. The minimum atomic E-state index is -2.44. The third-order valence-corrected chi connectivity index (χ3v) is 15.4. The molecule has 2 N–H and O–H groups in total. The van der Waals surface area contributed by atoms with Crippen LogP contribution in [-0.4, -0.2) is 68.2 Å². The zero-order valence-corrected chi connectivity index (χ0v) is 27.8. The standard InChI is InChI=1S/C36H41N3O6Si/c1-22-34(46(3,4)28-12-10-27(44-2)11-13-28)31(19-33(42)39-20-24-8-6-5-7-23(24)17-26(39)21-40)45-36(22)29-18-25(38-16-15-32(38)41)9-14-30(29)37-35(36)43/h5-14,18,22,26,31,34,40H,15-17,19-21H2,1-4H3,(H,37,43)/t22-,26+,31+,34-,36+/m1/s1. The summed E-state index contributed by atoms with van der Waals surface area (Å²) in [7, 11) is -0.794. The number of carbonyl (C=O) groups excluding carboxylic acids is 3. The van der Waals surface area contributed by atoms with Crippen LogP contribution in [0.3, 0.4) is 0 Å². The molecule has 0 aromatic heterocycles. The van der Waals surface area contributed by atoms with E-state index in [0.717, 1.165) is 28.1 Å². The van der Waals surface area contributed by atoms with Crippen molar-refractivity contribution in [2.75, 3.05) is 30.5 Å². The number of amides is 3. The maximum Gasteiger partial charge on any atom is 0.261 e. The molecule has 0 aliphatic carbocycles. The fourth-order valence-electron chi connectivity index (χ4n) is 8.41. The Bertz CT molecular complexity index is 1710. The molecule has 4 aliphatic rings. The highest BCUT2D eigenvalue weighted by Gasteiger charge is 2.65. The minimum Gasteiger partial charge on any atom is -0.497 e. The Morgan fingerprint density at radius 3 is 2.48 bits per heavy atom. The van der Waals surface area contributed by atoms with E-state index in [1.807, 2.05) is 48.5 Å². The molecule has 1 spiro atoms. The molecule has 0 radical (unpaired) electrons. The first-order valence-corrected chi connectivity index (χ1v) is 19.2. The maximum absolute atomic E-state index is 14.3. The van der Waals surface area contributed by atoms with Gasteiger partial charge in [0, 0.05) is 42.4 Å². The van der Waals surface area contributed by atoms with Crippen LogP contribution < -0.4 is 20.1 Å². The number of nitrogens with one attached hydrogen (secondary N) is 1. The lowest BCUT2D eigenvalue weighted by Crippen LogP contribution is -2.52. The van der Waals surface area contributed by atoms with Gasteiger partial charge in [-0.1, -0.05) is 61.6 Å². The second-order valence-electron chi connectivity index (χ2n) is 13.7. The molecule has 4 aliphatic heterocycles. The van der Waals surface area contributed by atoms with Gasteiger partial charge in [-0.3, -0.25) is 14.4 Å². The number of hydrogen-bond donors (Lipinski definition) is 2. The van der Waals surface area contributed by atoms with E-state index in [0.29, 0.717) is 31.6 Å². The SMILES string of the molecule is COc1ccc([Si](C)(C)[C@H]2[C@H](CC(=O)N3Cc4ccccc4C[C@H]3CO)O[C@@]3(C(=O)Nc4ccc(N5CCC5=O)cc43)[C@@H]2C)cc1. The summed E-state index contributed by atoms with van der Waals surface area (Å²) in [6, 6.07) is 21.5. The van der Waals surface area contributed by atoms with E-state index in [4.69, 9.17) is 9.47 Å². The van der Waals surface area contributed by atoms with Crippen LogP contribution in [0.15, 0.2) is 66.7 Å². The highest BCUT2D eigenvalue weighted by molar-refractivity contribution is 6.91. The summed E-state index contributed by atoms with van der Waals surface area (Å²) in [4.78, 5) is 44.3. The summed E-state index contributed by atoms with van der Waals surface area (Å²) in [5.41, 5.74) is 2.97. The molecule has 0 bridgehead atoms. The van der Waals surface area contributed by atoms with Crippen LogP contribution >= 0.6 is 0 Å². The van der Waals surface area contributed by atoms with E-state index in [-0.39, 0.29) is 48.3 Å². The number of benzene rings is 3. The fraction of sp³-hybridized carbons (Fsp3) is 0.417. The monoisotopic (exact) mass is 639 g/mol. The van der Waals surface area contributed by atoms with E-state index < -0.39 is 19.8 Å². The number of anilines is 2. The number of carbonyl (C=O) groups is 3. The van der Waals surface area contributed by atoms with Gasteiger partial charge >= 0.3 is 0 Å². The Kier molecular flexibility index (Phi) is 7.57. The van der Waals surface area contributed by atoms with E-state index in [9.17, 15) is 19.5 Å². The van der Waals surface area contributed by atoms with Crippen molar-refractivity contribution in [2.45, 2.75) is 69.1 Å². The molecule has 3 amide bonds. The Morgan fingerprint density at radius 1 is 1.09 bits per heavy atom. The third kappa shape index (κ3) is 4.68. The van der Waals surface area contributed by atoms with Gasteiger partial charge < -0.3 is 29.7 Å². The first kappa shape index (κ1) is 30.6. The van der Waals surface area contributed by atoms with Crippen molar-refractivity contribution in [1.82, 2.24) is 4.90 Å². The van der Waals surface area contributed by atoms with E-state index in [1.54, 1.807) is 16.9 Å². The molecule has 4 heterocycles. The number of ether oxygens (including phenoxy) is 2. The molecule has 7 rings (SSSR count). The summed E-state index contributed by atoms with van der Waals surface area (Å²) in [6.45, 7) is 7.59. The predicted octanol–water partition coefficient (Wildman–Crippen LogP) is 3.94. The lowest BCUT2D eigenvalue weighted by Gasteiger charge is -2.39. The average molecular weight is 640 g/mol. The largest absolute Gasteiger partial charge is 0.497 e. The second-order valence-corrected chi connectivity index (χ2v) is 18.4. The second kappa shape index (κ2) is 11.4. The highest BCUT2D eigenvalue weighted by atomic mass is 28.3. The van der Waals surface area contributed by atoms with Crippen LogP contribution in [0.25, 0.3) is 0 Å². The third-order valence-electron chi connectivity index (χ3n) is 11.0. The van der Waals surface area contributed by atoms with E-state index in [2.05, 4.69) is 43.5 Å². The van der Waals surface area contributed by atoms with Gasteiger partial charge in [0.25, 0.3) is 5.91 Å². The molecular weight excluding hydrogens is 598 g/mol. The van der Waals surface area contributed by atoms with Crippen LogP contribution in [-0.2, 0) is 37.7 Å². The first-order chi connectivity index (χ1) is 22.1. The molecular formula is C36H41N3O6Si. The van der Waals surface area contributed by atoms with Gasteiger partial charge in [0.1, 0.15) is 5.75 Å². The van der Waals surface area contributed by atoms with Gasteiger partial charge in [0.05, 0.1) is 40.4 Å². The number of aliphatic hydroxyl groups excluding tert-OH is 1. The van der Waals surface area contributed by atoms with Gasteiger partial charge in [-0.2, -0.15) is 0 Å². The molecule has 2 saturated heterocycles. The number of β-lactam (4-membered cyclic amide) rings is 1. The van der Waals surface area contributed by atoms with Crippen LogP contribution in [0.5, 0.6) is 5.75 Å². The van der Waals surface area contributed by atoms with Gasteiger partial charge in [-0.25, -0.2) is 0 Å². The molecule has 240 valence electrons. The molecule has 2 fully saturated rings. The Labute approximate surface area is 270 Å². The lowest BCUT2D eigenvalue weighted by atomic mass is 9.82. The van der Waals surface area contributed by atoms with Crippen LogP contribution in [0.4, 0.5) is 11.4 Å². The molecule has 3 aromatic carbocycles. The van der Waals surface area contributed by atoms with Crippen molar-refractivity contribution in [3.63, 3.8) is 0 Å². The summed E-state index contributed by atoms with van der Waals surface area (Å²) < 4.78 is 12.5. The normalized spacial score (nSPS) is 26.9. The summed E-state index contributed by atoms with van der Waals surface area (Å²) in [6.07, 6.45) is 0.646. The van der Waals surface area contributed by atoms with Gasteiger partial charge in [-0.15, -0.1) is 0 Å². The van der Waals surface area contributed by atoms with Crippen molar-refractivity contribution in [1.29, 1.82) is 0 Å². The number of aliphatic hydroxyl groups is 1. The average Bonchev–Trinajstić information content (AvgIpc) is 3.51. The van der Waals surface area contributed by atoms with Gasteiger partial charge in [0.2, 0.25) is 11.8 Å². The summed E-state index contributed by atoms with van der Waals surface area (Å²) in [5.74, 6) is 0.230. The smallest absolute Gasteiger partial charge is 0.261 e. The fourth-order valence-corrected chi connectivity index (χ4v) is 12.4. The van der Waals surface area contributed by atoms with E-state index >= 15 is 0 Å². The van der Waals surface area contributed by atoms with Gasteiger partial charge in [-0.05, 0) is 53.4 Å². The molecule has 3 aromatic rings. The first-order valence-electron chi connectivity index (χ1n) is 16.1. The predicted molar refractivity (Wildman–Crippen MR) is 178 cm³/mol. The number of fused-ring (bicyclic) bond motifs is 3. The quantitative estimate of drug-likeness (QED) is 0.300. The Hall–Kier alpha value is -3.99. The Balaban J connectivity index is 1.28. The zero-order valence-electron chi connectivity index (χ0n) is 26.8. The Morgan fingerprint density at radius 2 is 1.83 bits per heavy atom. The zero-order chi connectivity index (χ0) is 32.4. The minimum absolute atomic E-state index is 0.0580. The van der Waals surface area contributed by atoms with E-state index in [1.165, 1.54) is 5.19 Å². The number of methoxy groups -OCH3 is 1. The molecule has 5 atom stereocenters. The lowest BCUT2D eigenvalue weighted by molar-refractivity contribution is -0.149. The molecule has 0 unspecified atom stereocenters. The van der Waals surface area contributed by atoms with Crippen LogP contribution in [0.2, 0.25) is 18.6 Å². The van der Waals surface area contributed by atoms with Crippen molar-refractivity contribution < 1.29 is 29.0 Å². The number of hydrogen-bond acceptors (Lipinski definition) is 6. The van der Waals surface area contributed by atoms with Crippen molar-refractivity contribution >= 4 is 42.4 Å². The number of rotatable bonds is 7. The molecule has 10 heteroatoms. The van der Waals surface area contributed by atoms with Crippen molar-refractivity contribution in [3.05, 3.63) is 83.4 Å². The van der Waals surface area contributed by atoms with Crippen molar-refractivity contribution in [2.24, 2.45) is 5.92 Å². The van der Waals surface area contributed by atoms with Gasteiger partial charge in [0.15, 0.2) is 5.60 Å². The number of nitrogens with zero attached hydrogens (tertiary/aromatic N) is 2. The van der Waals surface area contributed by atoms with Crippen molar-refractivity contribution in [3.8, 4) is 5.75 Å². The molecule has 9 nitrogen and oxygen atoms in total. The summed E-state index contributed by atoms with van der Waals surface area (Å²) in [5, 5.41) is 14.6. The summed E-state index contributed by atoms with van der Waals surface area (Å²) >= 11 is 0. The van der Waals surface area contributed by atoms with Crippen LogP contribution in [0, 0.1) is 5.92 Å².